The molecule has 0 spiro atoms. The van der Waals surface area contributed by atoms with Crippen LogP contribution in [0.3, 0.4) is 0 Å². The van der Waals surface area contributed by atoms with Gasteiger partial charge in [0, 0.05) is 34.7 Å². The van der Waals surface area contributed by atoms with Gasteiger partial charge in [0.1, 0.15) is 0 Å². The molecule has 3 aromatic rings. The number of aliphatic hydroxyl groups excluding tert-OH is 1. The fraction of sp³-hybridized carbons (Fsp3) is 0.548. The molecular weight excluding hydrogens is 462 g/mol. The predicted molar refractivity (Wildman–Crippen MR) is 151 cm³/mol. The third-order valence-electron chi connectivity index (χ3n) is 8.69. The van der Waals surface area contributed by atoms with Crippen molar-refractivity contribution < 1.29 is 14.6 Å². The number of hydrogen-bond donors (Lipinski definition) is 2. The highest BCUT2D eigenvalue weighted by Crippen LogP contribution is 2.38. The van der Waals surface area contributed by atoms with Crippen molar-refractivity contribution in [2.75, 3.05) is 46.9 Å². The highest BCUT2D eigenvalue weighted by Gasteiger charge is 2.29. The molecule has 3 heterocycles. The Hall–Kier alpha value is -2.54. The van der Waals surface area contributed by atoms with Crippen molar-refractivity contribution in [2.24, 2.45) is 0 Å². The lowest BCUT2D eigenvalue weighted by Gasteiger charge is -2.42. The first kappa shape index (κ1) is 26.1. The lowest BCUT2D eigenvalue weighted by molar-refractivity contribution is 0.0790. The molecule has 0 bridgehead atoms. The number of aromatic amines is 1. The van der Waals surface area contributed by atoms with E-state index in [0.717, 1.165) is 41.8 Å². The van der Waals surface area contributed by atoms with Crippen LogP contribution in [0.25, 0.3) is 22.2 Å². The molecule has 1 atom stereocenters. The first-order chi connectivity index (χ1) is 18.0. The van der Waals surface area contributed by atoms with Gasteiger partial charge >= 0.3 is 0 Å². The largest absolute Gasteiger partial charge is 0.493 e. The number of aromatic nitrogens is 1. The second kappa shape index (κ2) is 11.5. The van der Waals surface area contributed by atoms with Crippen LogP contribution in [0.4, 0.5) is 0 Å². The highest BCUT2D eigenvalue weighted by molar-refractivity contribution is 5.91. The van der Waals surface area contributed by atoms with E-state index in [1.165, 1.54) is 73.9 Å². The maximum Gasteiger partial charge on any atom is 0.161 e. The van der Waals surface area contributed by atoms with Gasteiger partial charge in [-0.15, -0.1) is 0 Å². The Morgan fingerprint density at radius 2 is 1.68 bits per heavy atom. The molecule has 2 saturated heterocycles. The number of nitrogens with one attached hydrogen (secondary N) is 1. The number of piperidine rings is 2. The minimum Gasteiger partial charge on any atom is -0.493 e. The van der Waals surface area contributed by atoms with E-state index in [4.69, 9.17) is 9.47 Å². The molecule has 2 aliphatic heterocycles. The minimum atomic E-state index is -0.191. The second-order valence-electron chi connectivity index (χ2n) is 11.0. The molecule has 200 valence electrons. The van der Waals surface area contributed by atoms with E-state index in [-0.39, 0.29) is 6.10 Å². The number of methoxy groups -OCH3 is 2. The summed E-state index contributed by atoms with van der Waals surface area (Å²) in [5, 5.41) is 10.9. The van der Waals surface area contributed by atoms with Crippen LogP contribution in [0.2, 0.25) is 0 Å². The maximum atomic E-state index is 9.58. The van der Waals surface area contributed by atoms with Crippen LogP contribution >= 0.6 is 0 Å². The Bertz CT molecular complexity index is 1190. The molecule has 6 heteroatoms. The number of aryl methyl sites for hydroxylation is 1. The number of aliphatic hydroxyl groups is 1. The third kappa shape index (κ3) is 5.66. The van der Waals surface area contributed by atoms with Gasteiger partial charge in [0.25, 0.3) is 0 Å². The molecule has 2 N–H and O–H groups in total. The Morgan fingerprint density at radius 1 is 0.946 bits per heavy atom. The molecule has 5 rings (SSSR count). The number of fused-ring (bicyclic) bond motifs is 1. The zero-order valence-electron chi connectivity index (χ0n) is 22.9. The van der Waals surface area contributed by atoms with Gasteiger partial charge in [0.15, 0.2) is 11.5 Å². The van der Waals surface area contributed by atoms with Gasteiger partial charge in [-0.25, -0.2) is 0 Å². The summed E-state index contributed by atoms with van der Waals surface area (Å²) in [6, 6.07) is 13.8. The summed E-state index contributed by atoms with van der Waals surface area (Å²) in [7, 11) is 3.35. The zero-order valence-corrected chi connectivity index (χ0v) is 22.9. The molecule has 0 saturated carbocycles. The Kier molecular flexibility index (Phi) is 8.08. The highest BCUT2D eigenvalue weighted by atomic mass is 16.5. The Balaban J connectivity index is 1.23. The van der Waals surface area contributed by atoms with E-state index in [0.29, 0.717) is 5.92 Å². The molecule has 6 nitrogen and oxygen atoms in total. The van der Waals surface area contributed by atoms with Crippen molar-refractivity contribution in [3.63, 3.8) is 0 Å². The van der Waals surface area contributed by atoms with E-state index in [2.05, 4.69) is 46.0 Å². The molecule has 1 aromatic heterocycles. The SMILES string of the molecule is COc1ccc(-c2[nH]c3ccc(C4CCN(C5CCN(CCC(C)O)CC5)CC4)cc3c2C)cc1OC. The lowest BCUT2D eigenvalue weighted by atomic mass is 9.87. The summed E-state index contributed by atoms with van der Waals surface area (Å²) in [6.45, 7) is 9.87. The zero-order chi connectivity index (χ0) is 25.9. The molecular formula is C31H43N3O3. The van der Waals surface area contributed by atoms with Gasteiger partial charge in [-0.05, 0) is 120 Å². The molecule has 1 unspecified atom stereocenters. The van der Waals surface area contributed by atoms with E-state index in [1.807, 2.05) is 19.1 Å². The van der Waals surface area contributed by atoms with Crippen molar-refractivity contribution in [1.29, 1.82) is 0 Å². The Labute approximate surface area is 221 Å². The first-order valence-electron chi connectivity index (χ1n) is 14.0. The summed E-state index contributed by atoms with van der Waals surface area (Å²) >= 11 is 0. The van der Waals surface area contributed by atoms with Crippen LogP contribution in [-0.4, -0.2) is 79.0 Å². The van der Waals surface area contributed by atoms with Crippen LogP contribution < -0.4 is 9.47 Å². The average molecular weight is 506 g/mol. The van der Waals surface area contributed by atoms with Gasteiger partial charge in [-0.1, -0.05) is 6.07 Å². The molecule has 2 aromatic carbocycles. The van der Waals surface area contributed by atoms with Crippen molar-refractivity contribution in [3.05, 3.63) is 47.5 Å². The van der Waals surface area contributed by atoms with Gasteiger partial charge in [0.05, 0.1) is 20.3 Å². The molecule has 2 aliphatic rings. The van der Waals surface area contributed by atoms with Gasteiger partial charge in [-0.2, -0.15) is 0 Å². The summed E-state index contributed by atoms with van der Waals surface area (Å²) in [5.41, 5.74) is 6.19. The molecule has 0 radical (unpaired) electrons. The van der Waals surface area contributed by atoms with Crippen molar-refractivity contribution in [2.45, 2.75) is 64.0 Å². The van der Waals surface area contributed by atoms with E-state index >= 15 is 0 Å². The number of ether oxygens (including phenoxy) is 2. The van der Waals surface area contributed by atoms with Crippen molar-refractivity contribution in [3.8, 4) is 22.8 Å². The summed E-state index contributed by atoms with van der Waals surface area (Å²) in [4.78, 5) is 8.92. The molecule has 2 fully saturated rings. The average Bonchev–Trinajstić information content (AvgIpc) is 3.27. The standard InChI is InChI=1S/C31H43N3O3/c1-21(35)9-14-33-15-12-26(13-16-33)34-17-10-23(11-18-34)24-5-7-28-27(19-24)22(2)31(32-28)25-6-8-29(36-3)30(20-25)37-4/h5-8,19-21,23,26,32,35H,9-18H2,1-4H3. The third-order valence-corrected chi connectivity index (χ3v) is 8.69. The summed E-state index contributed by atoms with van der Waals surface area (Å²) < 4.78 is 11.0. The van der Waals surface area contributed by atoms with Crippen molar-refractivity contribution >= 4 is 10.9 Å². The molecule has 37 heavy (non-hydrogen) atoms. The number of likely N-dealkylation sites (tertiary alicyclic amines) is 2. The summed E-state index contributed by atoms with van der Waals surface area (Å²) in [6.07, 6.45) is 5.69. The first-order valence-corrected chi connectivity index (χ1v) is 14.0. The Morgan fingerprint density at radius 3 is 2.35 bits per heavy atom. The van der Waals surface area contributed by atoms with Gasteiger partial charge in [-0.3, -0.25) is 0 Å². The fourth-order valence-electron chi connectivity index (χ4n) is 6.35. The number of benzene rings is 2. The minimum absolute atomic E-state index is 0.191. The molecule has 0 aliphatic carbocycles. The molecule has 0 amide bonds. The van der Waals surface area contributed by atoms with E-state index < -0.39 is 0 Å². The maximum absolute atomic E-state index is 9.58. The number of nitrogens with zero attached hydrogens (tertiary/aromatic N) is 2. The normalized spacial score (nSPS) is 19.4. The van der Waals surface area contributed by atoms with Gasteiger partial charge in [0.2, 0.25) is 0 Å². The van der Waals surface area contributed by atoms with E-state index in [9.17, 15) is 5.11 Å². The van der Waals surface area contributed by atoms with Gasteiger partial charge < -0.3 is 29.4 Å². The van der Waals surface area contributed by atoms with Crippen LogP contribution in [0.5, 0.6) is 11.5 Å². The topological polar surface area (TPSA) is 61.0 Å². The smallest absolute Gasteiger partial charge is 0.161 e. The predicted octanol–water partition coefficient (Wildman–Crippen LogP) is 5.58. The quantitative estimate of drug-likeness (QED) is 0.419. The van der Waals surface area contributed by atoms with Crippen LogP contribution in [-0.2, 0) is 0 Å². The second-order valence-corrected chi connectivity index (χ2v) is 11.0. The fourth-order valence-corrected chi connectivity index (χ4v) is 6.35. The number of rotatable bonds is 8. The van der Waals surface area contributed by atoms with E-state index in [1.54, 1.807) is 14.2 Å². The van der Waals surface area contributed by atoms with Crippen molar-refractivity contribution in [1.82, 2.24) is 14.8 Å². The lowest BCUT2D eigenvalue weighted by Crippen LogP contribution is -2.47. The number of H-pyrrole nitrogens is 1. The van der Waals surface area contributed by atoms with Crippen LogP contribution in [0, 0.1) is 6.92 Å². The monoisotopic (exact) mass is 505 g/mol. The van der Waals surface area contributed by atoms with Crippen LogP contribution in [0.1, 0.15) is 56.1 Å². The number of hydrogen-bond acceptors (Lipinski definition) is 5. The van der Waals surface area contributed by atoms with Crippen LogP contribution in [0.15, 0.2) is 36.4 Å². The summed E-state index contributed by atoms with van der Waals surface area (Å²) in [5.74, 6) is 2.12.